The molecule has 0 saturated carbocycles. The molecule has 0 aromatic carbocycles. The Kier molecular flexibility index (Phi) is 13.8. The Morgan fingerprint density at radius 2 is 1.94 bits per heavy atom. The van der Waals surface area contributed by atoms with Gasteiger partial charge in [0, 0.05) is 24.3 Å². The molecular formula is C23H33F3N2O5S. The van der Waals surface area contributed by atoms with Gasteiger partial charge in [-0.2, -0.15) is 13.2 Å². The summed E-state index contributed by atoms with van der Waals surface area (Å²) in [6, 6.07) is 0.0637. The van der Waals surface area contributed by atoms with Crippen LogP contribution in [0.25, 0.3) is 0 Å². The topological polar surface area (TPSA) is 86.8 Å². The number of nitrogens with one attached hydrogen (secondary N) is 1. The Bertz CT molecular complexity index is 792. The molecule has 7 nitrogen and oxygen atoms in total. The number of thiazole rings is 1. The summed E-state index contributed by atoms with van der Waals surface area (Å²) in [5.41, 5.74) is 0.179. The average Bonchev–Trinajstić information content (AvgIpc) is 3.26. The van der Waals surface area contributed by atoms with Crippen molar-refractivity contribution in [2.24, 2.45) is 5.92 Å². The highest BCUT2D eigenvalue weighted by molar-refractivity contribution is 7.09. The van der Waals surface area contributed by atoms with E-state index < -0.39 is 30.8 Å². The van der Waals surface area contributed by atoms with Crippen molar-refractivity contribution in [3.63, 3.8) is 0 Å². The summed E-state index contributed by atoms with van der Waals surface area (Å²) in [6.45, 7) is 6.47. The fourth-order valence-corrected chi connectivity index (χ4v) is 3.82. The van der Waals surface area contributed by atoms with Crippen LogP contribution < -0.4 is 5.32 Å². The van der Waals surface area contributed by atoms with Gasteiger partial charge in [0.05, 0.1) is 19.8 Å². The quantitative estimate of drug-likeness (QED) is 0.198. The molecule has 2 unspecified atom stereocenters. The number of terminal acetylenes is 1. The smallest absolute Gasteiger partial charge is 0.461 e. The van der Waals surface area contributed by atoms with Crippen molar-refractivity contribution >= 4 is 23.3 Å². The number of rotatable bonds is 16. The zero-order valence-corrected chi connectivity index (χ0v) is 20.6. The van der Waals surface area contributed by atoms with E-state index in [9.17, 15) is 22.8 Å². The van der Waals surface area contributed by atoms with Crippen molar-refractivity contribution in [1.82, 2.24) is 10.3 Å². The number of esters is 2. The summed E-state index contributed by atoms with van der Waals surface area (Å²) >= 11 is 1.25. The summed E-state index contributed by atoms with van der Waals surface area (Å²) in [5, 5.41) is 5.66. The van der Waals surface area contributed by atoms with E-state index in [4.69, 9.17) is 15.9 Å². The molecule has 0 radical (unpaired) electrons. The Morgan fingerprint density at radius 1 is 1.21 bits per heavy atom. The monoisotopic (exact) mass is 506 g/mol. The molecule has 2 atom stereocenters. The molecule has 1 aromatic heterocycles. The first-order chi connectivity index (χ1) is 16.1. The normalized spacial score (nSPS) is 13.4. The van der Waals surface area contributed by atoms with Gasteiger partial charge in [-0.25, -0.2) is 14.6 Å². The van der Waals surface area contributed by atoms with E-state index in [0.717, 1.165) is 19.4 Å². The lowest BCUT2D eigenvalue weighted by molar-refractivity contribution is -0.200. The number of aromatic nitrogens is 1. The molecule has 0 fully saturated rings. The summed E-state index contributed by atoms with van der Waals surface area (Å²) in [4.78, 5) is 27.2. The number of halogens is 3. The predicted octanol–water partition coefficient (Wildman–Crippen LogP) is 4.68. The second kappa shape index (κ2) is 15.7. The lowest BCUT2D eigenvalue weighted by Gasteiger charge is -2.27. The van der Waals surface area contributed by atoms with Gasteiger partial charge in [0.1, 0.15) is 11.1 Å². The van der Waals surface area contributed by atoms with Crippen LogP contribution in [0.2, 0.25) is 0 Å². The van der Waals surface area contributed by atoms with Gasteiger partial charge in [0.2, 0.25) is 0 Å². The minimum absolute atomic E-state index is 0.0527. The van der Waals surface area contributed by atoms with Crippen molar-refractivity contribution in [1.29, 1.82) is 0 Å². The van der Waals surface area contributed by atoms with Crippen molar-refractivity contribution in [3.8, 4) is 12.3 Å². The summed E-state index contributed by atoms with van der Waals surface area (Å²) in [6.07, 6.45) is 2.94. The molecule has 192 valence electrons. The largest absolute Gasteiger partial charge is 0.490 e. The molecule has 0 amide bonds. The number of carbonyl (C=O) groups is 2. The zero-order valence-electron chi connectivity index (χ0n) is 19.8. The maximum atomic E-state index is 12.3. The highest BCUT2D eigenvalue weighted by atomic mass is 32.1. The van der Waals surface area contributed by atoms with Gasteiger partial charge >= 0.3 is 18.1 Å². The number of alkyl halides is 3. The van der Waals surface area contributed by atoms with Crippen molar-refractivity contribution in [2.75, 3.05) is 26.4 Å². The summed E-state index contributed by atoms with van der Waals surface area (Å²) < 4.78 is 51.9. The number of unbranched alkanes of at least 4 members (excludes halogenated alkanes) is 2. The maximum absolute atomic E-state index is 12.3. The van der Waals surface area contributed by atoms with E-state index in [1.54, 1.807) is 12.3 Å². The van der Waals surface area contributed by atoms with Crippen LogP contribution >= 0.6 is 11.3 Å². The molecule has 0 saturated heterocycles. The van der Waals surface area contributed by atoms with Crippen LogP contribution in [0.1, 0.15) is 74.5 Å². The third kappa shape index (κ3) is 11.3. The fraction of sp³-hybridized carbons (Fsp3) is 0.696. The molecular weight excluding hydrogens is 473 g/mol. The second-order valence-corrected chi connectivity index (χ2v) is 8.73. The Balaban J connectivity index is 2.79. The van der Waals surface area contributed by atoms with Gasteiger partial charge < -0.3 is 19.5 Å². The van der Waals surface area contributed by atoms with Crippen LogP contribution in [0, 0.1) is 18.3 Å². The van der Waals surface area contributed by atoms with Crippen LogP contribution in [-0.2, 0) is 19.0 Å². The third-order valence-electron chi connectivity index (χ3n) is 4.78. The molecule has 0 aliphatic heterocycles. The Labute approximate surface area is 202 Å². The van der Waals surface area contributed by atoms with Crippen LogP contribution in [0.15, 0.2) is 5.38 Å². The fourth-order valence-electron chi connectivity index (χ4n) is 2.97. The van der Waals surface area contributed by atoms with Gasteiger partial charge in [0.15, 0.2) is 5.69 Å². The van der Waals surface area contributed by atoms with Crippen molar-refractivity contribution in [2.45, 2.75) is 71.2 Å². The van der Waals surface area contributed by atoms with Gasteiger partial charge in [-0.05, 0) is 38.6 Å². The molecule has 1 N–H and O–H groups in total. The number of nitrogens with zero attached hydrogens (tertiary/aromatic N) is 1. The molecule has 1 aromatic rings. The summed E-state index contributed by atoms with van der Waals surface area (Å²) in [5.74, 6) is 0.118. The standard InChI is InChI=1S/C23H33F3N2O5S/c1-5-7-8-9-11-27-17(16(3)4)14-19(20-28-18(15-34-20)21(29)31-6-2)32-12-10-13-33-22(30)23(24,25)26/h1,15-17,19,27H,6-14H2,2-4H3. The highest BCUT2D eigenvalue weighted by Crippen LogP contribution is 2.29. The Morgan fingerprint density at radius 3 is 2.56 bits per heavy atom. The molecule has 0 aliphatic carbocycles. The van der Waals surface area contributed by atoms with E-state index in [-0.39, 0.29) is 37.3 Å². The predicted molar refractivity (Wildman–Crippen MR) is 122 cm³/mol. The number of carbonyl (C=O) groups excluding carboxylic acids is 2. The first-order valence-corrected chi connectivity index (χ1v) is 12.1. The van der Waals surface area contributed by atoms with Gasteiger partial charge in [-0.1, -0.05) is 13.8 Å². The van der Waals surface area contributed by atoms with E-state index >= 15 is 0 Å². The lowest BCUT2D eigenvalue weighted by atomic mass is 9.97. The Hall–Kier alpha value is -2.16. The van der Waals surface area contributed by atoms with Crippen LogP contribution in [-0.4, -0.2) is 55.5 Å². The van der Waals surface area contributed by atoms with Crippen LogP contribution in [0.4, 0.5) is 13.2 Å². The molecule has 34 heavy (non-hydrogen) atoms. The summed E-state index contributed by atoms with van der Waals surface area (Å²) in [7, 11) is 0. The minimum atomic E-state index is -5.02. The molecule has 0 aliphatic rings. The first-order valence-electron chi connectivity index (χ1n) is 11.2. The second-order valence-electron chi connectivity index (χ2n) is 7.84. The van der Waals surface area contributed by atoms with E-state index in [1.807, 2.05) is 0 Å². The molecule has 1 rings (SSSR count). The number of ether oxygens (including phenoxy) is 3. The molecule has 1 heterocycles. The first kappa shape index (κ1) is 29.9. The maximum Gasteiger partial charge on any atom is 0.490 e. The van der Waals surface area contributed by atoms with E-state index in [0.29, 0.717) is 17.8 Å². The number of hydrogen-bond acceptors (Lipinski definition) is 8. The SMILES string of the molecule is C#CCCCCNC(CC(OCCCOC(=O)C(F)(F)F)c1nc(C(=O)OCC)cs1)C(C)C. The van der Waals surface area contributed by atoms with Gasteiger partial charge in [-0.3, -0.25) is 0 Å². The molecule has 11 heteroatoms. The number of hydrogen-bond donors (Lipinski definition) is 1. The van der Waals surface area contributed by atoms with E-state index in [2.05, 4.69) is 34.8 Å². The zero-order chi connectivity index (χ0) is 25.6. The van der Waals surface area contributed by atoms with Crippen LogP contribution in [0.5, 0.6) is 0 Å². The van der Waals surface area contributed by atoms with Gasteiger partial charge in [-0.15, -0.1) is 23.7 Å². The highest BCUT2D eigenvalue weighted by Gasteiger charge is 2.40. The third-order valence-corrected chi connectivity index (χ3v) is 5.72. The van der Waals surface area contributed by atoms with E-state index in [1.165, 1.54) is 11.3 Å². The molecule has 0 bridgehead atoms. The van der Waals surface area contributed by atoms with Gasteiger partial charge in [0.25, 0.3) is 0 Å². The minimum Gasteiger partial charge on any atom is -0.461 e. The van der Waals surface area contributed by atoms with Crippen molar-refractivity contribution < 1.29 is 37.0 Å². The van der Waals surface area contributed by atoms with Crippen molar-refractivity contribution in [3.05, 3.63) is 16.1 Å². The lowest BCUT2D eigenvalue weighted by Crippen LogP contribution is -2.36. The van der Waals surface area contributed by atoms with Crippen LogP contribution in [0.3, 0.4) is 0 Å². The molecule has 0 spiro atoms. The average molecular weight is 507 g/mol.